The van der Waals surface area contributed by atoms with Crippen molar-refractivity contribution in [2.45, 2.75) is 38.3 Å². The van der Waals surface area contributed by atoms with Crippen LogP contribution >= 0.6 is 11.6 Å². The van der Waals surface area contributed by atoms with Crippen LogP contribution in [0.5, 0.6) is 0 Å². The molecule has 0 amide bonds. The zero-order valence-corrected chi connectivity index (χ0v) is 17.4. The SMILES string of the molecule is Cc1cc(Cl)cc(-c2ncccc2[C@@H](O)[C@H](c2ccccn2)N2CCCCC2)c1. The van der Waals surface area contributed by atoms with Gasteiger partial charge < -0.3 is 5.11 Å². The quantitative estimate of drug-likeness (QED) is 0.618. The van der Waals surface area contributed by atoms with Crippen LogP contribution < -0.4 is 0 Å². The predicted octanol–water partition coefficient (Wildman–Crippen LogP) is 5.37. The van der Waals surface area contributed by atoms with Crippen molar-refractivity contribution in [3.63, 3.8) is 0 Å². The van der Waals surface area contributed by atoms with Crippen molar-refractivity contribution in [3.05, 3.63) is 82.8 Å². The highest BCUT2D eigenvalue weighted by Gasteiger charge is 2.32. The van der Waals surface area contributed by atoms with Gasteiger partial charge in [-0.15, -0.1) is 0 Å². The van der Waals surface area contributed by atoms with E-state index in [0.717, 1.165) is 54.0 Å². The first-order valence-corrected chi connectivity index (χ1v) is 10.6. The van der Waals surface area contributed by atoms with E-state index in [9.17, 15) is 5.11 Å². The van der Waals surface area contributed by atoms with E-state index < -0.39 is 6.10 Å². The molecule has 1 saturated heterocycles. The Hall–Kier alpha value is -2.27. The summed E-state index contributed by atoms with van der Waals surface area (Å²) in [5.41, 5.74) is 4.44. The molecule has 2 atom stereocenters. The van der Waals surface area contributed by atoms with Crippen molar-refractivity contribution in [1.82, 2.24) is 14.9 Å². The first kappa shape index (κ1) is 20.0. The van der Waals surface area contributed by atoms with E-state index in [0.29, 0.717) is 5.02 Å². The van der Waals surface area contributed by atoms with Gasteiger partial charge in [0.15, 0.2) is 0 Å². The number of benzene rings is 1. The topological polar surface area (TPSA) is 49.3 Å². The molecule has 0 radical (unpaired) electrons. The summed E-state index contributed by atoms with van der Waals surface area (Å²) in [6.07, 6.45) is 6.34. The molecule has 0 bridgehead atoms. The minimum Gasteiger partial charge on any atom is -0.386 e. The third kappa shape index (κ3) is 4.50. The van der Waals surface area contributed by atoms with Crippen molar-refractivity contribution >= 4 is 11.6 Å². The Balaban J connectivity index is 1.78. The molecule has 0 spiro atoms. The smallest absolute Gasteiger partial charge is 0.102 e. The third-order valence-electron chi connectivity index (χ3n) is 5.55. The maximum Gasteiger partial charge on any atom is 0.102 e. The van der Waals surface area contributed by atoms with Gasteiger partial charge in [-0.25, -0.2) is 0 Å². The number of hydrogen-bond donors (Lipinski definition) is 1. The second-order valence-corrected chi connectivity index (χ2v) is 8.14. The summed E-state index contributed by atoms with van der Waals surface area (Å²) in [6.45, 7) is 3.94. The number of aromatic nitrogens is 2. The lowest BCUT2D eigenvalue weighted by atomic mass is 9.92. The van der Waals surface area contributed by atoms with Crippen LogP contribution in [0.15, 0.2) is 60.9 Å². The van der Waals surface area contributed by atoms with Crippen LogP contribution in [0.25, 0.3) is 11.3 Å². The molecule has 3 aromatic rings. The zero-order chi connectivity index (χ0) is 20.2. The van der Waals surface area contributed by atoms with Crippen molar-refractivity contribution in [1.29, 1.82) is 0 Å². The molecule has 1 aromatic carbocycles. The van der Waals surface area contributed by atoms with Gasteiger partial charge in [0.05, 0.1) is 17.4 Å². The number of likely N-dealkylation sites (tertiary alicyclic amines) is 1. The molecule has 3 heterocycles. The summed E-state index contributed by atoms with van der Waals surface area (Å²) in [7, 11) is 0. The molecule has 1 aliphatic heterocycles. The van der Waals surface area contributed by atoms with Crippen LogP contribution in [0.4, 0.5) is 0 Å². The monoisotopic (exact) mass is 407 g/mol. The van der Waals surface area contributed by atoms with E-state index in [2.05, 4.69) is 20.9 Å². The van der Waals surface area contributed by atoms with E-state index in [4.69, 9.17) is 11.6 Å². The standard InChI is InChI=1S/C24H26ClN3O/c1-17-14-18(16-19(25)15-17)22-20(8-7-11-27-22)24(29)23(21-9-3-4-10-26-21)28-12-5-2-6-13-28/h3-4,7-11,14-16,23-24,29H,2,5-6,12-13H2,1H3/t23-,24+/m0/s1. The zero-order valence-electron chi connectivity index (χ0n) is 16.6. The second-order valence-electron chi connectivity index (χ2n) is 7.70. The molecule has 150 valence electrons. The number of rotatable bonds is 5. The van der Waals surface area contributed by atoms with Crippen LogP contribution in [0.1, 0.15) is 48.2 Å². The van der Waals surface area contributed by atoms with E-state index in [1.54, 1.807) is 12.4 Å². The Bertz CT molecular complexity index is 937. The minimum absolute atomic E-state index is 0.209. The van der Waals surface area contributed by atoms with E-state index in [1.807, 2.05) is 49.4 Å². The Morgan fingerprint density at radius 2 is 1.76 bits per heavy atom. The van der Waals surface area contributed by atoms with Crippen LogP contribution in [0.2, 0.25) is 5.02 Å². The lowest BCUT2D eigenvalue weighted by Gasteiger charge is -2.37. The molecule has 5 heteroatoms. The number of pyridine rings is 2. The molecule has 0 aliphatic carbocycles. The maximum absolute atomic E-state index is 11.6. The van der Waals surface area contributed by atoms with Gasteiger partial charge in [0.1, 0.15) is 6.10 Å². The summed E-state index contributed by atoms with van der Waals surface area (Å²) in [6, 6.07) is 15.4. The molecule has 2 aromatic heterocycles. The average Bonchev–Trinajstić information content (AvgIpc) is 2.75. The van der Waals surface area contributed by atoms with Gasteiger partial charge in [-0.2, -0.15) is 0 Å². The number of hydrogen-bond acceptors (Lipinski definition) is 4. The van der Waals surface area contributed by atoms with Crippen LogP contribution in [0.3, 0.4) is 0 Å². The first-order chi connectivity index (χ1) is 14.1. The number of aliphatic hydroxyl groups is 1. The van der Waals surface area contributed by atoms with Gasteiger partial charge in [0, 0.05) is 28.5 Å². The van der Waals surface area contributed by atoms with Gasteiger partial charge in [-0.05, 0) is 74.8 Å². The lowest BCUT2D eigenvalue weighted by Crippen LogP contribution is -2.37. The Morgan fingerprint density at radius 3 is 2.48 bits per heavy atom. The van der Waals surface area contributed by atoms with Gasteiger partial charge in [-0.1, -0.05) is 30.2 Å². The number of aliphatic hydroxyl groups excluding tert-OH is 1. The fourth-order valence-corrected chi connectivity index (χ4v) is 4.53. The van der Waals surface area contributed by atoms with Crippen molar-refractivity contribution in [3.8, 4) is 11.3 Å². The molecule has 1 fully saturated rings. The molecule has 0 unspecified atom stereocenters. The van der Waals surface area contributed by atoms with Crippen molar-refractivity contribution in [2.24, 2.45) is 0 Å². The highest BCUT2D eigenvalue weighted by molar-refractivity contribution is 6.30. The number of piperidine rings is 1. The van der Waals surface area contributed by atoms with Crippen molar-refractivity contribution in [2.75, 3.05) is 13.1 Å². The number of nitrogens with zero attached hydrogens (tertiary/aromatic N) is 3. The summed E-state index contributed by atoms with van der Waals surface area (Å²) in [5, 5.41) is 12.3. The molecule has 1 aliphatic rings. The third-order valence-corrected chi connectivity index (χ3v) is 5.77. The van der Waals surface area contributed by atoms with Crippen LogP contribution in [-0.4, -0.2) is 33.1 Å². The molecular weight excluding hydrogens is 382 g/mol. The highest BCUT2D eigenvalue weighted by atomic mass is 35.5. The predicted molar refractivity (Wildman–Crippen MR) is 117 cm³/mol. The van der Waals surface area contributed by atoms with E-state index in [-0.39, 0.29) is 6.04 Å². The fourth-order valence-electron chi connectivity index (χ4n) is 4.24. The second kappa shape index (κ2) is 9.04. The van der Waals surface area contributed by atoms with Gasteiger partial charge in [-0.3, -0.25) is 14.9 Å². The molecule has 29 heavy (non-hydrogen) atoms. The molecule has 1 N–H and O–H groups in total. The number of halogens is 1. The summed E-state index contributed by atoms with van der Waals surface area (Å²) in [5.74, 6) is 0. The minimum atomic E-state index is -0.744. The van der Waals surface area contributed by atoms with Gasteiger partial charge in [0.2, 0.25) is 0 Å². The lowest BCUT2D eigenvalue weighted by molar-refractivity contribution is 0.0342. The number of aryl methyl sites for hydroxylation is 1. The van der Waals surface area contributed by atoms with Crippen LogP contribution in [-0.2, 0) is 0 Å². The average molecular weight is 408 g/mol. The summed E-state index contributed by atoms with van der Waals surface area (Å²) in [4.78, 5) is 11.6. The molecular formula is C24H26ClN3O. The van der Waals surface area contributed by atoms with Gasteiger partial charge in [0.25, 0.3) is 0 Å². The maximum atomic E-state index is 11.6. The van der Waals surface area contributed by atoms with Crippen LogP contribution in [0, 0.1) is 6.92 Å². The Morgan fingerprint density at radius 1 is 0.966 bits per heavy atom. The normalized spacial score (nSPS) is 17.1. The summed E-state index contributed by atoms with van der Waals surface area (Å²) >= 11 is 6.30. The molecule has 0 saturated carbocycles. The first-order valence-electron chi connectivity index (χ1n) is 10.2. The molecule has 4 nitrogen and oxygen atoms in total. The van der Waals surface area contributed by atoms with Gasteiger partial charge >= 0.3 is 0 Å². The highest BCUT2D eigenvalue weighted by Crippen LogP contribution is 2.38. The summed E-state index contributed by atoms with van der Waals surface area (Å²) < 4.78 is 0. The van der Waals surface area contributed by atoms with Crippen molar-refractivity contribution < 1.29 is 5.11 Å². The largest absolute Gasteiger partial charge is 0.386 e. The van der Waals surface area contributed by atoms with E-state index >= 15 is 0 Å². The molecule has 4 rings (SSSR count). The fraction of sp³-hybridized carbons (Fsp3) is 0.333. The Labute approximate surface area is 177 Å². The Kier molecular flexibility index (Phi) is 6.24. The van der Waals surface area contributed by atoms with E-state index in [1.165, 1.54) is 6.42 Å².